The Labute approximate surface area is 152 Å². The van der Waals surface area contributed by atoms with E-state index in [0.717, 1.165) is 32.1 Å². The third-order valence-electron chi connectivity index (χ3n) is 4.42. The molecule has 1 saturated carbocycles. The normalized spacial score (nSPS) is 15.6. The molecule has 2 aromatic rings. The predicted octanol–water partition coefficient (Wildman–Crippen LogP) is 3.69. The van der Waals surface area contributed by atoms with Crippen LogP contribution in [-0.2, 0) is 10.0 Å². The minimum Gasteiger partial charge on any atom is -0.322 e. The number of rotatable bonds is 5. The molecule has 0 spiro atoms. The average Bonchev–Trinajstić information content (AvgIpc) is 2.62. The van der Waals surface area contributed by atoms with Gasteiger partial charge in [-0.1, -0.05) is 31.4 Å². The van der Waals surface area contributed by atoms with E-state index >= 15 is 0 Å². The molecule has 2 N–H and O–H groups in total. The number of hydrogen-bond donors (Lipinski definition) is 2. The minimum absolute atomic E-state index is 0.0509. The number of halogens is 1. The van der Waals surface area contributed by atoms with Gasteiger partial charge in [-0.15, -0.1) is 0 Å². The molecule has 0 aromatic heterocycles. The molecule has 138 valence electrons. The van der Waals surface area contributed by atoms with Gasteiger partial charge in [-0.3, -0.25) is 4.79 Å². The first-order valence-electron chi connectivity index (χ1n) is 8.63. The summed E-state index contributed by atoms with van der Waals surface area (Å²) in [5, 5.41) is 2.56. The van der Waals surface area contributed by atoms with Gasteiger partial charge >= 0.3 is 0 Å². The molecule has 1 aliphatic rings. The molecule has 7 heteroatoms. The molecule has 0 aliphatic heterocycles. The molecular weight excluding hydrogens is 355 g/mol. The topological polar surface area (TPSA) is 75.3 Å². The van der Waals surface area contributed by atoms with Crippen LogP contribution in [0.3, 0.4) is 0 Å². The van der Waals surface area contributed by atoms with Crippen LogP contribution in [-0.4, -0.2) is 20.4 Å². The highest BCUT2D eigenvalue weighted by Gasteiger charge is 2.22. The Morgan fingerprint density at radius 1 is 1.00 bits per heavy atom. The van der Waals surface area contributed by atoms with Gasteiger partial charge in [0.2, 0.25) is 10.0 Å². The number of carbonyl (C=O) groups excluding carboxylic acids is 1. The predicted molar refractivity (Wildman–Crippen MR) is 98.0 cm³/mol. The first-order valence-corrected chi connectivity index (χ1v) is 10.1. The maximum absolute atomic E-state index is 13.2. The lowest BCUT2D eigenvalue weighted by molar-refractivity contribution is 0.102. The van der Waals surface area contributed by atoms with E-state index in [1.165, 1.54) is 42.5 Å². The Kier molecular flexibility index (Phi) is 5.68. The molecule has 0 heterocycles. The Morgan fingerprint density at radius 2 is 1.73 bits per heavy atom. The highest BCUT2D eigenvalue weighted by Crippen LogP contribution is 2.21. The van der Waals surface area contributed by atoms with Crippen molar-refractivity contribution in [3.05, 3.63) is 59.9 Å². The second kappa shape index (κ2) is 7.97. The Bertz CT molecular complexity index is 893. The molecule has 1 amide bonds. The van der Waals surface area contributed by atoms with Crippen molar-refractivity contribution in [1.82, 2.24) is 4.72 Å². The van der Waals surface area contributed by atoms with Crippen LogP contribution in [0.2, 0.25) is 0 Å². The molecule has 0 atom stereocenters. The molecule has 0 radical (unpaired) electrons. The number of amides is 1. The van der Waals surface area contributed by atoms with Gasteiger partial charge in [-0.05, 0) is 49.2 Å². The van der Waals surface area contributed by atoms with Gasteiger partial charge in [0.05, 0.1) is 4.90 Å². The summed E-state index contributed by atoms with van der Waals surface area (Å²) < 4.78 is 41.1. The minimum atomic E-state index is -3.69. The summed E-state index contributed by atoms with van der Waals surface area (Å²) in [6.45, 7) is 0. The standard InChI is InChI=1S/C19H21FN2O3S/c20-15-7-5-10-17(13-15)21-19(23)14-6-4-11-18(12-14)26(24,25)22-16-8-2-1-3-9-16/h4-7,10-13,16,22H,1-3,8-9H2,(H,21,23). The van der Waals surface area contributed by atoms with Crippen LogP contribution in [0.15, 0.2) is 53.4 Å². The van der Waals surface area contributed by atoms with Crippen molar-refractivity contribution in [2.45, 2.75) is 43.0 Å². The molecule has 0 bridgehead atoms. The molecule has 2 aromatic carbocycles. The Hall–Kier alpha value is -2.25. The first-order chi connectivity index (χ1) is 12.4. The van der Waals surface area contributed by atoms with E-state index in [0.29, 0.717) is 5.69 Å². The van der Waals surface area contributed by atoms with Crippen LogP contribution in [0.1, 0.15) is 42.5 Å². The summed E-state index contributed by atoms with van der Waals surface area (Å²) in [5.74, 6) is -0.957. The van der Waals surface area contributed by atoms with E-state index in [-0.39, 0.29) is 16.5 Å². The van der Waals surface area contributed by atoms with Crippen molar-refractivity contribution in [3.8, 4) is 0 Å². The van der Waals surface area contributed by atoms with E-state index < -0.39 is 21.7 Å². The number of sulfonamides is 1. The van der Waals surface area contributed by atoms with Crippen molar-refractivity contribution in [2.24, 2.45) is 0 Å². The summed E-state index contributed by atoms with van der Waals surface area (Å²) in [6.07, 6.45) is 4.83. The highest BCUT2D eigenvalue weighted by atomic mass is 32.2. The van der Waals surface area contributed by atoms with E-state index in [2.05, 4.69) is 10.0 Å². The number of benzene rings is 2. The number of hydrogen-bond acceptors (Lipinski definition) is 3. The van der Waals surface area contributed by atoms with E-state index in [9.17, 15) is 17.6 Å². The summed E-state index contributed by atoms with van der Waals surface area (Å²) in [4.78, 5) is 12.4. The van der Waals surface area contributed by atoms with Gasteiger partial charge in [0.25, 0.3) is 5.91 Å². The smallest absolute Gasteiger partial charge is 0.255 e. The van der Waals surface area contributed by atoms with Gasteiger partial charge in [0.15, 0.2) is 0 Å². The molecular formula is C19H21FN2O3S. The zero-order valence-electron chi connectivity index (χ0n) is 14.2. The van der Waals surface area contributed by atoms with Crippen molar-refractivity contribution >= 4 is 21.6 Å². The van der Waals surface area contributed by atoms with Crippen LogP contribution in [0, 0.1) is 5.82 Å². The van der Waals surface area contributed by atoms with Crippen molar-refractivity contribution < 1.29 is 17.6 Å². The Balaban J connectivity index is 1.75. The molecule has 0 unspecified atom stereocenters. The summed E-state index contributed by atoms with van der Waals surface area (Å²) >= 11 is 0. The lowest BCUT2D eigenvalue weighted by Crippen LogP contribution is -2.36. The maximum Gasteiger partial charge on any atom is 0.255 e. The summed E-state index contributed by atoms with van der Waals surface area (Å²) in [6, 6.07) is 11.3. The summed E-state index contributed by atoms with van der Waals surface area (Å²) in [7, 11) is -3.69. The van der Waals surface area contributed by atoms with E-state index in [1.54, 1.807) is 6.07 Å². The third kappa shape index (κ3) is 4.68. The second-order valence-corrected chi connectivity index (χ2v) is 8.16. The van der Waals surface area contributed by atoms with Crippen LogP contribution in [0.4, 0.5) is 10.1 Å². The van der Waals surface area contributed by atoms with Gasteiger partial charge in [0.1, 0.15) is 5.82 Å². The zero-order valence-corrected chi connectivity index (χ0v) is 15.1. The monoisotopic (exact) mass is 376 g/mol. The van der Waals surface area contributed by atoms with E-state index in [1.807, 2.05) is 0 Å². The third-order valence-corrected chi connectivity index (χ3v) is 5.93. The van der Waals surface area contributed by atoms with Crippen LogP contribution in [0.5, 0.6) is 0 Å². The molecule has 5 nitrogen and oxygen atoms in total. The highest BCUT2D eigenvalue weighted by molar-refractivity contribution is 7.89. The number of nitrogens with one attached hydrogen (secondary N) is 2. The number of anilines is 1. The fourth-order valence-electron chi connectivity index (χ4n) is 3.08. The molecule has 1 fully saturated rings. The van der Waals surface area contributed by atoms with Crippen LogP contribution < -0.4 is 10.0 Å². The average molecular weight is 376 g/mol. The fourth-order valence-corrected chi connectivity index (χ4v) is 4.43. The fraction of sp³-hybridized carbons (Fsp3) is 0.316. The summed E-state index contributed by atoms with van der Waals surface area (Å²) in [5.41, 5.74) is 0.504. The lowest BCUT2D eigenvalue weighted by Gasteiger charge is -2.22. The van der Waals surface area contributed by atoms with Gasteiger partial charge < -0.3 is 5.32 Å². The SMILES string of the molecule is O=C(Nc1cccc(F)c1)c1cccc(S(=O)(=O)NC2CCCCC2)c1. The number of carbonyl (C=O) groups is 1. The van der Waals surface area contributed by atoms with Gasteiger partial charge in [-0.25, -0.2) is 17.5 Å². The van der Waals surface area contributed by atoms with Crippen molar-refractivity contribution in [3.63, 3.8) is 0 Å². The van der Waals surface area contributed by atoms with Gasteiger partial charge in [-0.2, -0.15) is 0 Å². The molecule has 26 heavy (non-hydrogen) atoms. The van der Waals surface area contributed by atoms with Crippen molar-refractivity contribution in [1.29, 1.82) is 0 Å². The molecule has 0 saturated heterocycles. The van der Waals surface area contributed by atoms with E-state index in [4.69, 9.17) is 0 Å². The molecule has 1 aliphatic carbocycles. The Morgan fingerprint density at radius 3 is 2.46 bits per heavy atom. The maximum atomic E-state index is 13.2. The van der Waals surface area contributed by atoms with Crippen LogP contribution >= 0.6 is 0 Å². The first kappa shape index (κ1) is 18.5. The second-order valence-electron chi connectivity index (χ2n) is 6.45. The molecule has 3 rings (SSSR count). The quantitative estimate of drug-likeness (QED) is 0.836. The van der Waals surface area contributed by atoms with Gasteiger partial charge in [0, 0.05) is 17.3 Å². The zero-order chi connectivity index (χ0) is 18.6. The van der Waals surface area contributed by atoms with Crippen LogP contribution in [0.25, 0.3) is 0 Å². The lowest BCUT2D eigenvalue weighted by atomic mass is 9.96. The van der Waals surface area contributed by atoms with Crippen molar-refractivity contribution in [2.75, 3.05) is 5.32 Å². The largest absolute Gasteiger partial charge is 0.322 e.